The van der Waals surface area contributed by atoms with Crippen molar-refractivity contribution < 1.29 is 14.3 Å². The van der Waals surface area contributed by atoms with Crippen LogP contribution in [0.5, 0.6) is 11.5 Å². The van der Waals surface area contributed by atoms with E-state index in [1.807, 2.05) is 13.8 Å². The minimum atomic E-state index is -0.275. The van der Waals surface area contributed by atoms with E-state index in [-0.39, 0.29) is 11.0 Å². The molecule has 1 aliphatic rings. The highest BCUT2D eigenvalue weighted by atomic mass is 35.5. The average molecular weight is 327 g/mol. The minimum Gasteiger partial charge on any atom is -0.490 e. The maximum absolute atomic E-state index is 11.6. The van der Waals surface area contributed by atoms with E-state index in [9.17, 15) is 4.79 Å². The fraction of sp³-hybridized carbons (Fsp3) is 0.286. The number of hydrogen-bond donors (Lipinski definition) is 2. The molecule has 7 heteroatoms. The summed E-state index contributed by atoms with van der Waals surface area (Å²) in [6.07, 6.45) is 1.65. The van der Waals surface area contributed by atoms with Gasteiger partial charge in [-0.15, -0.1) is 0 Å². The molecule has 21 heavy (non-hydrogen) atoms. The maximum Gasteiger partial charge on any atom is 0.273 e. The molecule has 1 heterocycles. The molecule has 1 aromatic carbocycles. The van der Waals surface area contributed by atoms with Crippen LogP contribution in [0.3, 0.4) is 0 Å². The number of thiocarbonyl (C=S) groups is 1. The van der Waals surface area contributed by atoms with Crippen LogP contribution in [0.2, 0.25) is 5.02 Å². The molecule has 0 unspecified atom stereocenters. The fourth-order valence-electron chi connectivity index (χ4n) is 1.87. The number of halogens is 1. The van der Waals surface area contributed by atoms with Gasteiger partial charge < -0.3 is 14.8 Å². The first-order chi connectivity index (χ1) is 10.0. The second-order valence-electron chi connectivity index (χ2n) is 4.16. The van der Waals surface area contributed by atoms with Gasteiger partial charge in [-0.1, -0.05) is 11.6 Å². The maximum atomic E-state index is 11.6. The Balaban J connectivity index is 2.39. The number of ether oxygens (including phenoxy) is 2. The molecule has 2 rings (SSSR count). The minimum absolute atomic E-state index is 0.275. The largest absolute Gasteiger partial charge is 0.490 e. The highest BCUT2D eigenvalue weighted by Gasteiger charge is 2.20. The number of rotatable bonds is 5. The second-order valence-corrected chi connectivity index (χ2v) is 4.98. The first-order valence-electron chi connectivity index (χ1n) is 6.48. The third-order valence-corrected chi connectivity index (χ3v) is 3.14. The molecule has 0 radical (unpaired) electrons. The summed E-state index contributed by atoms with van der Waals surface area (Å²) >= 11 is 11.1. The van der Waals surface area contributed by atoms with Crippen molar-refractivity contribution in [3.63, 3.8) is 0 Å². The number of nitrogens with one attached hydrogen (secondary N) is 2. The Morgan fingerprint density at radius 2 is 1.95 bits per heavy atom. The van der Waals surface area contributed by atoms with E-state index in [1.165, 1.54) is 0 Å². The van der Waals surface area contributed by atoms with Gasteiger partial charge in [0.25, 0.3) is 5.91 Å². The van der Waals surface area contributed by atoms with Crippen LogP contribution in [0.25, 0.3) is 6.08 Å². The Morgan fingerprint density at radius 1 is 1.24 bits per heavy atom. The van der Waals surface area contributed by atoms with Crippen LogP contribution in [0, 0.1) is 0 Å². The summed E-state index contributed by atoms with van der Waals surface area (Å²) in [5.74, 6) is 0.769. The Kier molecular flexibility index (Phi) is 5.03. The summed E-state index contributed by atoms with van der Waals surface area (Å²) < 4.78 is 11.0. The molecule has 2 N–H and O–H groups in total. The van der Waals surface area contributed by atoms with Crippen LogP contribution in [-0.4, -0.2) is 24.2 Å². The molecule has 112 valence electrons. The van der Waals surface area contributed by atoms with Gasteiger partial charge in [0.05, 0.1) is 18.2 Å². The Bertz CT molecular complexity index is 616. The molecular formula is C14H15ClN2O3S. The van der Waals surface area contributed by atoms with Crippen LogP contribution in [0.15, 0.2) is 17.8 Å². The number of benzene rings is 1. The zero-order chi connectivity index (χ0) is 15.4. The summed E-state index contributed by atoms with van der Waals surface area (Å²) in [7, 11) is 0. The van der Waals surface area contributed by atoms with Crippen molar-refractivity contribution in [2.45, 2.75) is 13.8 Å². The molecule has 0 aliphatic carbocycles. The third kappa shape index (κ3) is 3.65. The van der Waals surface area contributed by atoms with Crippen molar-refractivity contribution in [1.29, 1.82) is 0 Å². The highest BCUT2D eigenvalue weighted by Crippen LogP contribution is 2.37. The molecule has 1 aromatic rings. The lowest BCUT2D eigenvalue weighted by Gasteiger charge is -2.13. The first kappa shape index (κ1) is 15.6. The average Bonchev–Trinajstić information content (AvgIpc) is 2.72. The molecule has 1 fully saturated rings. The van der Waals surface area contributed by atoms with Crippen molar-refractivity contribution in [2.24, 2.45) is 0 Å². The highest BCUT2D eigenvalue weighted by molar-refractivity contribution is 7.80. The molecule has 1 saturated heterocycles. The summed E-state index contributed by atoms with van der Waals surface area (Å²) in [5.41, 5.74) is 1.08. The predicted molar refractivity (Wildman–Crippen MR) is 85.6 cm³/mol. The molecule has 5 nitrogen and oxygen atoms in total. The van der Waals surface area contributed by atoms with E-state index in [0.717, 1.165) is 0 Å². The molecule has 0 aromatic heterocycles. The van der Waals surface area contributed by atoms with Crippen LogP contribution in [0.1, 0.15) is 19.4 Å². The quantitative estimate of drug-likeness (QED) is 0.643. The number of carbonyl (C=O) groups excluding carboxylic acids is 1. The van der Waals surface area contributed by atoms with E-state index in [0.29, 0.717) is 41.0 Å². The zero-order valence-corrected chi connectivity index (χ0v) is 13.2. The normalized spacial score (nSPS) is 15.9. The van der Waals surface area contributed by atoms with Crippen molar-refractivity contribution in [1.82, 2.24) is 10.6 Å². The number of carbonyl (C=O) groups is 1. The van der Waals surface area contributed by atoms with Gasteiger partial charge in [0.1, 0.15) is 5.70 Å². The molecule has 1 amide bonds. The SMILES string of the molecule is CCOc1cc(C=C2NC(=S)NC2=O)cc(Cl)c1OCC. The molecular weight excluding hydrogens is 312 g/mol. The number of hydrogen-bond acceptors (Lipinski definition) is 4. The van der Waals surface area contributed by atoms with Gasteiger partial charge in [0.2, 0.25) is 0 Å². The lowest BCUT2D eigenvalue weighted by atomic mass is 10.1. The van der Waals surface area contributed by atoms with Gasteiger partial charge in [-0.2, -0.15) is 0 Å². The van der Waals surface area contributed by atoms with Gasteiger partial charge in [-0.3, -0.25) is 10.1 Å². The van der Waals surface area contributed by atoms with Crippen LogP contribution in [-0.2, 0) is 4.79 Å². The summed E-state index contributed by atoms with van der Waals surface area (Å²) in [4.78, 5) is 11.6. The van der Waals surface area contributed by atoms with E-state index >= 15 is 0 Å². The molecule has 0 bridgehead atoms. The Labute approximate surface area is 133 Å². The molecule has 0 spiro atoms. The van der Waals surface area contributed by atoms with Crippen molar-refractivity contribution >= 4 is 40.9 Å². The summed E-state index contributed by atoms with van der Waals surface area (Å²) in [6, 6.07) is 3.47. The lowest BCUT2D eigenvalue weighted by Crippen LogP contribution is -2.21. The van der Waals surface area contributed by atoms with Crippen molar-refractivity contribution in [2.75, 3.05) is 13.2 Å². The summed E-state index contributed by atoms with van der Waals surface area (Å²) in [5, 5.41) is 5.99. The monoisotopic (exact) mass is 326 g/mol. The first-order valence-corrected chi connectivity index (χ1v) is 7.27. The van der Waals surface area contributed by atoms with Gasteiger partial charge in [0, 0.05) is 0 Å². The van der Waals surface area contributed by atoms with Crippen molar-refractivity contribution in [3.05, 3.63) is 28.4 Å². The van der Waals surface area contributed by atoms with Crippen LogP contribution < -0.4 is 20.1 Å². The van der Waals surface area contributed by atoms with Gasteiger partial charge in [0.15, 0.2) is 16.6 Å². The molecule has 0 atom stereocenters. The second kappa shape index (κ2) is 6.78. The fourth-order valence-corrected chi connectivity index (χ4v) is 2.34. The zero-order valence-electron chi connectivity index (χ0n) is 11.7. The standard InChI is InChI=1S/C14H15ClN2O3S/c1-3-19-11-7-8(5-9(15)12(11)20-4-2)6-10-13(18)17-14(21)16-10/h5-7H,3-4H2,1-2H3,(H2,16,17,18,21). The Morgan fingerprint density at radius 3 is 2.52 bits per heavy atom. The van der Waals surface area contributed by atoms with Gasteiger partial charge in [-0.25, -0.2) is 0 Å². The smallest absolute Gasteiger partial charge is 0.273 e. The third-order valence-electron chi connectivity index (χ3n) is 2.65. The van der Waals surface area contributed by atoms with Gasteiger partial charge >= 0.3 is 0 Å². The van der Waals surface area contributed by atoms with E-state index in [1.54, 1.807) is 18.2 Å². The van der Waals surface area contributed by atoms with Crippen molar-refractivity contribution in [3.8, 4) is 11.5 Å². The lowest BCUT2D eigenvalue weighted by molar-refractivity contribution is -0.115. The van der Waals surface area contributed by atoms with Gasteiger partial charge in [-0.05, 0) is 49.8 Å². The number of amides is 1. The van der Waals surface area contributed by atoms with E-state index in [4.69, 9.17) is 33.3 Å². The summed E-state index contributed by atoms with van der Waals surface area (Å²) in [6.45, 7) is 4.71. The molecule has 1 aliphatic heterocycles. The van der Waals surface area contributed by atoms with Crippen LogP contribution >= 0.6 is 23.8 Å². The van der Waals surface area contributed by atoms with Crippen LogP contribution in [0.4, 0.5) is 0 Å². The van der Waals surface area contributed by atoms with E-state index < -0.39 is 0 Å². The molecule has 0 saturated carbocycles. The topological polar surface area (TPSA) is 59.6 Å². The van der Waals surface area contributed by atoms with E-state index in [2.05, 4.69) is 10.6 Å². The predicted octanol–water partition coefficient (Wildman–Crippen LogP) is 2.48. The Hall–Kier alpha value is -1.79.